The summed E-state index contributed by atoms with van der Waals surface area (Å²) in [5.74, 6) is 0.581. The van der Waals surface area contributed by atoms with Gasteiger partial charge >= 0.3 is 0 Å². The molecule has 1 aromatic carbocycles. The molecule has 1 aromatic rings. The zero-order chi connectivity index (χ0) is 16.7. The zero-order valence-electron chi connectivity index (χ0n) is 13.3. The number of nitrogens with zero attached hydrogens (tertiary/aromatic N) is 3. The van der Waals surface area contributed by atoms with Gasteiger partial charge in [-0.05, 0) is 12.5 Å². The predicted octanol–water partition coefficient (Wildman–Crippen LogP) is 1.21. The monoisotopic (exact) mass is 315 g/mol. The Hall–Kier alpha value is -2.55. The fourth-order valence-corrected chi connectivity index (χ4v) is 2.72. The van der Waals surface area contributed by atoms with Gasteiger partial charge in [-0.25, -0.2) is 0 Å². The van der Waals surface area contributed by atoms with Gasteiger partial charge in [0.2, 0.25) is 11.8 Å². The van der Waals surface area contributed by atoms with Crippen molar-refractivity contribution in [2.24, 2.45) is 0 Å². The number of ether oxygens (including phenoxy) is 1. The van der Waals surface area contributed by atoms with Gasteiger partial charge in [-0.3, -0.25) is 9.59 Å². The molecule has 1 aliphatic heterocycles. The second kappa shape index (κ2) is 8.18. The number of hydrogen-bond donors (Lipinski definition) is 0. The number of nitriles is 1. The lowest BCUT2D eigenvalue weighted by atomic mass is 10.1. The third kappa shape index (κ3) is 4.46. The minimum Gasteiger partial charge on any atom is -0.496 e. The molecule has 1 fully saturated rings. The van der Waals surface area contributed by atoms with Gasteiger partial charge in [-0.1, -0.05) is 18.2 Å². The fourth-order valence-electron chi connectivity index (χ4n) is 2.72. The summed E-state index contributed by atoms with van der Waals surface area (Å²) in [5.41, 5.74) is 0.863. The molecule has 0 aromatic heterocycles. The Morgan fingerprint density at radius 2 is 1.78 bits per heavy atom. The van der Waals surface area contributed by atoms with Crippen molar-refractivity contribution < 1.29 is 14.3 Å². The number of benzene rings is 1. The first-order chi connectivity index (χ1) is 11.2. The van der Waals surface area contributed by atoms with Gasteiger partial charge in [0.1, 0.15) is 12.2 Å². The molecule has 122 valence electrons. The smallest absolute Gasteiger partial charge is 0.236 e. The summed E-state index contributed by atoms with van der Waals surface area (Å²) in [6, 6.07) is 9.36. The molecule has 0 N–H and O–H groups in total. The van der Waals surface area contributed by atoms with E-state index in [1.165, 1.54) is 0 Å². The number of rotatable bonds is 4. The fraction of sp³-hybridized carbons (Fsp3) is 0.471. The standard InChI is InChI=1S/C17H21N3O3/c1-23-15-6-3-2-5-14(15)13-17(22)20-10-4-9-19(11-12-20)16(21)7-8-18/h2-3,5-6H,4,7,9-13H2,1H3. The first-order valence-corrected chi connectivity index (χ1v) is 7.70. The van der Waals surface area contributed by atoms with E-state index in [2.05, 4.69) is 0 Å². The summed E-state index contributed by atoms with van der Waals surface area (Å²) in [5, 5.41) is 8.62. The van der Waals surface area contributed by atoms with Crippen molar-refractivity contribution in [3.05, 3.63) is 29.8 Å². The summed E-state index contributed by atoms with van der Waals surface area (Å²) in [6.07, 6.45) is 0.917. The van der Waals surface area contributed by atoms with Crippen LogP contribution in [0.1, 0.15) is 18.4 Å². The van der Waals surface area contributed by atoms with Gasteiger partial charge in [-0.15, -0.1) is 0 Å². The minimum atomic E-state index is -0.161. The van der Waals surface area contributed by atoms with Crippen molar-refractivity contribution in [1.29, 1.82) is 5.26 Å². The van der Waals surface area contributed by atoms with E-state index in [-0.39, 0.29) is 24.7 Å². The van der Waals surface area contributed by atoms with Crippen LogP contribution in [0, 0.1) is 11.3 Å². The Morgan fingerprint density at radius 3 is 2.43 bits per heavy atom. The number of carbonyl (C=O) groups is 2. The molecule has 6 nitrogen and oxygen atoms in total. The largest absolute Gasteiger partial charge is 0.496 e. The quantitative estimate of drug-likeness (QED) is 0.837. The third-order valence-corrected chi connectivity index (χ3v) is 3.97. The van der Waals surface area contributed by atoms with Crippen LogP contribution >= 0.6 is 0 Å². The predicted molar refractivity (Wildman–Crippen MR) is 84.7 cm³/mol. The van der Waals surface area contributed by atoms with Gasteiger partial charge in [0.05, 0.1) is 19.6 Å². The maximum atomic E-state index is 12.5. The van der Waals surface area contributed by atoms with Crippen molar-refractivity contribution in [3.8, 4) is 11.8 Å². The molecular weight excluding hydrogens is 294 g/mol. The Kier molecular flexibility index (Phi) is 5.98. The Labute approximate surface area is 136 Å². The highest BCUT2D eigenvalue weighted by molar-refractivity contribution is 5.80. The lowest BCUT2D eigenvalue weighted by Gasteiger charge is -2.22. The van der Waals surface area contributed by atoms with E-state index in [1.807, 2.05) is 30.3 Å². The van der Waals surface area contributed by atoms with Crippen molar-refractivity contribution >= 4 is 11.8 Å². The zero-order valence-corrected chi connectivity index (χ0v) is 13.3. The van der Waals surface area contributed by atoms with Crippen molar-refractivity contribution in [1.82, 2.24) is 9.80 Å². The SMILES string of the molecule is COc1ccccc1CC(=O)N1CCCN(C(=O)CC#N)CC1. The van der Waals surface area contributed by atoms with Gasteiger partial charge in [0.15, 0.2) is 0 Å². The molecule has 1 heterocycles. The van der Waals surface area contributed by atoms with Crippen LogP contribution in [0.15, 0.2) is 24.3 Å². The molecular formula is C17H21N3O3. The molecule has 6 heteroatoms. The van der Waals surface area contributed by atoms with Crippen LogP contribution < -0.4 is 4.74 Å². The lowest BCUT2D eigenvalue weighted by molar-refractivity contribution is -0.132. The molecule has 2 amide bonds. The van der Waals surface area contributed by atoms with Gasteiger partial charge < -0.3 is 14.5 Å². The second-order valence-electron chi connectivity index (χ2n) is 5.44. The average Bonchev–Trinajstić information content (AvgIpc) is 2.81. The van der Waals surface area contributed by atoms with Crippen LogP contribution in [0.25, 0.3) is 0 Å². The maximum absolute atomic E-state index is 12.5. The molecule has 2 rings (SSSR count). The molecule has 0 saturated carbocycles. The lowest BCUT2D eigenvalue weighted by Crippen LogP contribution is -2.37. The summed E-state index contributed by atoms with van der Waals surface area (Å²) < 4.78 is 5.28. The molecule has 1 aliphatic rings. The molecule has 23 heavy (non-hydrogen) atoms. The molecule has 0 atom stereocenters. The van der Waals surface area contributed by atoms with E-state index < -0.39 is 0 Å². The summed E-state index contributed by atoms with van der Waals surface area (Å²) in [6.45, 7) is 2.21. The number of hydrogen-bond acceptors (Lipinski definition) is 4. The summed E-state index contributed by atoms with van der Waals surface area (Å²) in [4.78, 5) is 27.7. The van der Waals surface area contributed by atoms with E-state index in [0.717, 1.165) is 12.0 Å². The molecule has 0 spiro atoms. The molecule has 1 saturated heterocycles. The molecule has 0 aliphatic carbocycles. The van der Waals surface area contributed by atoms with Crippen LogP contribution in [0.2, 0.25) is 0 Å². The van der Waals surface area contributed by atoms with Gasteiger partial charge in [-0.2, -0.15) is 5.26 Å². The Morgan fingerprint density at radius 1 is 1.13 bits per heavy atom. The maximum Gasteiger partial charge on any atom is 0.236 e. The van der Waals surface area contributed by atoms with E-state index in [0.29, 0.717) is 31.9 Å². The van der Waals surface area contributed by atoms with E-state index in [1.54, 1.807) is 16.9 Å². The van der Waals surface area contributed by atoms with Crippen molar-refractivity contribution in [2.45, 2.75) is 19.3 Å². The minimum absolute atomic E-state index is 0.0316. The Bertz CT molecular complexity index is 609. The van der Waals surface area contributed by atoms with Crippen molar-refractivity contribution in [3.63, 3.8) is 0 Å². The highest BCUT2D eigenvalue weighted by Gasteiger charge is 2.22. The average molecular weight is 315 g/mol. The molecule has 0 bridgehead atoms. The van der Waals surface area contributed by atoms with Crippen LogP contribution in [-0.2, 0) is 16.0 Å². The van der Waals surface area contributed by atoms with Gasteiger partial charge in [0.25, 0.3) is 0 Å². The van der Waals surface area contributed by atoms with E-state index in [4.69, 9.17) is 10.00 Å². The Balaban J connectivity index is 1.96. The number of amides is 2. The van der Waals surface area contributed by atoms with E-state index in [9.17, 15) is 9.59 Å². The van der Waals surface area contributed by atoms with Crippen LogP contribution in [0.5, 0.6) is 5.75 Å². The highest BCUT2D eigenvalue weighted by Crippen LogP contribution is 2.19. The van der Waals surface area contributed by atoms with Crippen molar-refractivity contribution in [2.75, 3.05) is 33.3 Å². The second-order valence-corrected chi connectivity index (χ2v) is 5.44. The molecule has 0 unspecified atom stereocenters. The normalized spacial score (nSPS) is 14.8. The first kappa shape index (κ1) is 16.8. The molecule has 0 radical (unpaired) electrons. The van der Waals surface area contributed by atoms with E-state index >= 15 is 0 Å². The number of para-hydroxylation sites is 1. The summed E-state index contributed by atoms with van der Waals surface area (Å²) in [7, 11) is 1.59. The van der Waals surface area contributed by atoms with Crippen LogP contribution in [0.4, 0.5) is 0 Å². The number of methoxy groups -OCH3 is 1. The van der Waals surface area contributed by atoms with Gasteiger partial charge in [0, 0.05) is 31.7 Å². The topological polar surface area (TPSA) is 73.6 Å². The van der Waals surface area contributed by atoms with Crippen LogP contribution in [-0.4, -0.2) is 54.9 Å². The van der Waals surface area contributed by atoms with Crippen LogP contribution in [0.3, 0.4) is 0 Å². The highest BCUT2D eigenvalue weighted by atomic mass is 16.5. The first-order valence-electron chi connectivity index (χ1n) is 7.70. The number of carbonyl (C=O) groups excluding carboxylic acids is 2. The third-order valence-electron chi connectivity index (χ3n) is 3.97. The summed E-state index contributed by atoms with van der Waals surface area (Å²) >= 11 is 0.